The zero-order valence-corrected chi connectivity index (χ0v) is 12.3. The van der Waals surface area contributed by atoms with Crippen molar-refractivity contribution >= 4 is 18.3 Å². The first-order valence-electron chi connectivity index (χ1n) is 5.71. The van der Waals surface area contributed by atoms with Crippen LogP contribution in [0.3, 0.4) is 0 Å². The molecule has 0 bridgehead atoms. The zero-order chi connectivity index (χ0) is 13.5. The van der Waals surface area contributed by atoms with Gasteiger partial charge in [0.2, 0.25) is 5.91 Å². The van der Waals surface area contributed by atoms with Crippen LogP contribution in [0.1, 0.15) is 5.56 Å². The standard InChI is InChI=1S/C13H20N2O3.ClH/c1-15(13(16)12(14)9-17-2)8-10-5-4-6-11(7-10)18-3;/h4-7,12H,8-9,14H2,1-3H3;1H. The maximum Gasteiger partial charge on any atom is 0.241 e. The molecular formula is C13H21ClN2O3. The van der Waals surface area contributed by atoms with Gasteiger partial charge in [0, 0.05) is 20.7 Å². The Bertz CT molecular complexity index is 401. The Hall–Kier alpha value is -1.30. The van der Waals surface area contributed by atoms with Crippen molar-refractivity contribution in [3.05, 3.63) is 29.8 Å². The van der Waals surface area contributed by atoms with Crippen molar-refractivity contribution in [2.45, 2.75) is 12.6 Å². The summed E-state index contributed by atoms with van der Waals surface area (Å²) in [6.07, 6.45) is 0. The fraction of sp³-hybridized carbons (Fsp3) is 0.462. The van der Waals surface area contributed by atoms with Crippen LogP contribution in [0.25, 0.3) is 0 Å². The van der Waals surface area contributed by atoms with Gasteiger partial charge in [0.05, 0.1) is 13.7 Å². The van der Waals surface area contributed by atoms with Gasteiger partial charge in [0.15, 0.2) is 0 Å². The average molecular weight is 289 g/mol. The van der Waals surface area contributed by atoms with Gasteiger partial charge in [-0.2, -0.15) is 0 Å². The number of benzene rings is 1. The van der Waals surface area contributed by atoms with Crippen molar-refractivity contribution < 1.29 is 14.3 Å². The highest BCUT2D eigenvalue weighted by molar-refractivity contribution is 5.85. The Kier molecular flexibility index (Phi) is 8.14. The monoisotopic (exact) mass is 288 g/mol. The lowest BCUT2D eigenvalue weighted by Gasteiger charge is -2.21. The van der Waals surface area contributed by atoms with E-state index in [2.05, 4.69) is 0 Å². The lowest BCUT2D eigenvalue weighted by atomic mass is 10.2. The fourth-order valence-corrected chi connectivity index (χ4v) is 1.66. The molecule has 108 valence electrons. The summed E-state index contributed by atoms with van der Waals surface area (Å²) in [4.78, 5) is 13.5. The minimum atomic E-state index is -0.620. The van der Waals surface area contributed by atoms with Crippen molar-refractivity contribution in [2.75, 3.05) is 27.9 Å². The van der Waals surface area contributed by atoms with E-state index >= 15 is 0 Å². The Morgan fingerprint density at radius 3 is 2.68 bits per heavy atom. The molecule has 0 radical (unpaired) electrons. The Labute approximate surface area is 120 Å². The summed E-state index contributed by atoms with van der Waals surface area (Å²) in [7, 11) is 4.86. The molecule has 0 spiro atoms. The first-order chi connectivity index (χ1) is 8.58. The number of ether oxygens (including phenoxy) is 2. The summed E-state index contributed by atoms with van der Waals surface area (Å²) in [6.45, 7) is 0.717. The van der Waals surface area contributed by atoms with Crippen LogP contribution in [0.2, 0.25) is 0 Å². The van der Waals surface area contributed by atoms with E-state index in [1.807, 2.05) is 24.3 Å². The van der Waals surface area contributed by atoms with Gasteiger partial charge in [-0.3, -0.25) is 4.79 Å². The third-order valence-electron chi connectivity index (χ3n) is 2.59. The molecule has 1 unspecified atom stereocenters. The predicted molar refractivity (Wildman–Crippen MR) is 76.6 cm³/mol. The average Bonchev–Trinajstić information content (AvgIpc) is 2.38. The molecule has 2 N–H and O–H groups in total. The summed E-state index contributed by atoms with van der Waals surface area (Å²) < 4.78 is 10.0. The van der Waals surface area contributed by atoms with Crippen LogP contribution < -0.4 is 10.5 Å². The SMILES string of the molecule is COCC(N)C(=O)N(C)Cc1cccc(OC)c1.Cl. The maximum atomic E-state index is 11.9. The second kappa shape index (κ2) is 8.74. The van der Waals surface area contributed by atoms with Crippen LogP contribution in [0, 0.1) is 0 Å². The number of hydrogen-bond acceptors (Lipinski definition) is 4. The fourth-order valence-electron chi connectivity index (χ4n) is 1.66. The highest BCUT2D eigenvalue weighted by atomic mass is 35.5. The second-order valence-corrected chi connectivity index (χ2v) is 4.11. The first kappa shape index (κ1) is 17.7. The zero-order valence-electron chi connectivity index (χ0n) is 11.5. The van der Waals surface area contributed by atoms with Crippen LogP contribution >= 0.6 is 12.4 Å². The molecule has 0 aliphatic carbocycles. The van der Waals surface area contributed by atoms with Crippen molar-refractivity contribution in [1.29, 1.82) is 0 Å². The van der Waals surface area contributed by atoms with E-state index in [0.717, 1.165) is 11.3 Å². The molecule has 1 atom stereocenters. The number of halogens is 1. The number of amides is 1. The molecule has 1 aromatic rings. The smallest absolute Gasteiger partial charge is 0.241 e. The van der Waals surface area contributed by atoms with Gasteiger partial charge in [0.25, 0.3) is 0 Å². The van der Waals surface area contributed by atoms with Gasteiger partial charge >= 0.3 is 0 Å². The molecule has 1 amide bonds. The van der Waals surface area contributed by atoms with Crippen molar-refractivity contribution in [1.82, 2.24) is 4.90 Å². The number of methoxy groups -OCH3 is 2. The largest absolute Gasteiger partial charge is 0.497 e. The second-order valence-electron chi connectivity index (χ2n) is 4.11. The molecule has 0 aromatic heterocycles. The van der Waals surface area contributed by atoms with Crippen LogP contribution in [0.15, 0.2) is 24.3 Å². The van der Waals surface area contributed by atoms with E-state index in [9.17, 15) is 4.79 Å². The highest BCUT2D eigenvalue weighted by Crippen LogP contribution is 2.14. The van der Waals surface area contributed by atoms with Gasteiger partial charge in [-0.15, -0.1) is 12.4 Å². The lowest BCUT2D eigenvalue weighted by molar-refractivity contribution is -0.132. The van der Waals surface area contributed by atoms with Crippen LogP contribution in [-0.2, 0) is 16.1 Å². The third-order valence-corrected chi connectivity index (χ3v) is 2.59. The minimum Gasteiger partial charge on any atom is -0.497 e. The van der Waals surface area contributed by atoms with Gasteiger partial charge in [0.1, 0.15) is 11.8 Å². The summed E-state index contributed by atoms with van der Waals surface area (Å²) in [5.74, 6) is 0.634. The number of rotatable bonds is 6. The molecule has 0 aliphatic heterocycles. The molecule has 0 heterocycles. The molecule has 0 fully saturated rings. The number of nitrogens with two attached hydrogens (primary N) is 1. The quantitative estimate of drug-likeness (QED) is 0.850. The maximum absolute atomic E-state index is 11.9. The molecule has 0 saturated carbocycles. The van der Waals surface area contributed by atoms with Gasteiger partial charge in [-0.25, -0.2) is 0 Å². The number of hydrogen-bond donors (Lipinski definition) is 1. The number of nitrogens with zero attached hydrogens (tertiary/aromatic N) is 1. The van der Waals surface area contributed by atoms with Gasteiger partial charge in [-0.1, -0.05) is 12.1 Å². The van der Waals surface area contributed by atoms with Crippen LogP contribution in [0.5, 0.6) is 5.75 Å². The lowest BCUT2D eigenvalue weighted by Crippen LogP contribution is -2.44. The van der Waals surface area contributed by atoms with E-state index in [4.69, 9.17) is 15.2 Å². The third kappa shape index (κ3) is 5.46. The Morgan fingerprint density at radius 1 is 1.42 bits per heavy atom. The van der Waals surface area contributed by atoms with Crippen LogP contribution in [0.4, 0.5) is 0 Å². The Morgan fingerprint density at radius 2 is 2.11 bits per heavy atom. The number of likely N-dealkylation sites (N-methyl/N-ethyl adjacent to an activating group) is 1. The Balaban J connectivity index is 0.00000324. The van der Waals surface area contributed by atoms with Gasteiger partial charge in [-0.05, 0) is 17.7 Å². The van der Waals surface area contributed by atoms with E-state index in [1.165, 1.54) is 7.11 Å². The molecule has 19 heavy (non-hydrogen) atoms. The first-order valence-corrected chi connectivity index (χ1v) is 5.71. The normalized spacial score (nSPS) is 11.4. The van der Waals surface area contributed by atoms with E-state index in [-0.39, 0.29) is 24.9 Å². The highest BCUT2D eigenvalue weighted by Gasteiger charge is 2.17. The van der Waals surface area contributed by atoms with Crippen molar-refractivity contribution in [3.8, 4) is 5.75 Å². The van der Waals surface area contributed by atoms with Gasteiger partial charge < -0.3 is 20.1 Å². The molecule has 1 aromatic carbocycles. The summed E-state index contributed by atoms with van der Waals surface area (Å²) in [5.41, 5.74) is 6.69. The minimum absolute atomic E-state index is 0. The van der Waals surface area contributed by atoms with Crippen molar-refractivity contribution in [2.24, 2.45) is 5.73 Å². The van der Waals surface area contributed by atoms with E-state index in [0.29, 0.717) is 6.54 Å². The molecule has 0 saturated heterocycles. The van der Waals surface area contributed by atoms with E-state index < -0.39 is 6.04 Å². The van der Waals surface area contributed by atoms with Crippen LogP contribution in [-0.4, -0.2) is 44.7 Å². The molecule has 6 heteroatoms. The van der Waals surface area contributed by atoms with E-state index in [1.54, 1.807) is 19.1 Å². The summed E-state index contributed by atoms with van der Waals surface area (Å²) in [6, 6.07) is 6.97. The summed E-state index contributed by atoms with van der Waals surface area (Å²) >= 11 is 0. The predicted octanol–water partition coefficient (Wildman–Crippen LogP) is 1.05. The molecule has 0 aliphatic rings. The molecule has 1 rings (SSSR count). The summed E-state index contributed by atoms with van der Waals surface area (Å²) in [5, 5.41) is 0. The molecular weight excluding hydrogens is 268 g/mol. The topological polar surface area (TPSA) is 64.8 Å². The van der Waals surface area contributed by atoms with Crippen molar-refractivity contribution in [3.63, 3.8) is 0 Å². The molecule has 5 nitrogen and oxygen atoms in total. The number of carbonyl (C=O) groups is 1. The number of carbonyl (C=O) groups excluding carboxylic acids is 1.